The number of hydrogen-bond acceptors (Lipinski definition) is 3. The van der Waals surface area contributed by atoms with E-state index in [1.54, 1.807) is 0 Å². The van der Waals surface area contributed by atoms with E-state index in [1.807, 2.05) is 30.3 Å². The molecule has 1 heterocycles. The molecule has 5 heteroatoms. The van der Waals surface area contributed by atoms with Crippen LogP contribution in [-0.4, -0.2) is 40.2 Å². The van der Waals surface area contributed by atoms with Gasteiger partial charge < -0.3 is 9.47 Å². The number of carbonyl (C=O) groups is 1. The lowest BCUT2D eigenvalue weighted by Gasteiger charge is -2.19. The molecule has 3 radical (unpaired) electrons. The zero-order chi connectivity index (χ0) is 11.4. The van der Waals surface area contributed by atoms with Crippen molar-refractivity contribution >= 4 is 16.3 Å². The normalized spacial score (nSPS) is 19.8. The van der Waals surface area contributed by atoms with E-state index in [4.69, 9.17) is 9.47 Å². The third kappa shape index (κ3) is 2.62. The van der Waals surface area contributed by atoms with E-state index in [0.29, 0.717) is 13.2 Å². The van der Waals surface area contributed by atoms with Crippen LogP contribution < -0.4 is 0 Å². The van der Waals surface area contributed by atoms with E-state index < -0.39 is 0 Å². The second kappa shape index (κ2) is 5.13. The first-order chi connectivity index (χ1) is 7.77. The molecule has 1 aliphatic rings. The molecular formula is C11H12NO3Si. The van der Waals surface area contributed by atoms with Crippen molar-refractivity contribution in [2.24, 2.45) is 0 Å². The van der Waals surface area contributed by atoms with Crippen molar-refractivity contribution in [1.29, 1.82) is 0 Å². The molecule has 1 amide bonds. The quantitative estimate of drug-likeness (QED) is 0.719. The van der Waals surface area contributed by atoms with Gasteiger partial charge in [0.1, 0.15) is 12.5 Å². The van der Waals surface area contributed by atoms with Gasteiger partial charge in [0.05, 0.1) is 16.8 Å². The highest BCUT2D eigenvalue weighted by atomic mass is 28.1. The van der Waals surface area contributed by atoms with Crippen molar-refractivity contribution in [3.05, 3.63) is 35.9 Å². The van der Waals surface area contributed by atoms with Crippen LogP contribution in [0.25, 0.3) is 0 Å². The van der Waals surface area contributed by atoms with Gasteiger partial charge in [-0.2, -0.15) is 0 Å². The Balaban J connectivity index is 1.84. The van der Waals surface area contributed by atoms with Crippen LogP contribution >= 0.6 is 0 Å². The lowest BCUT2D eigenvalue weighted by atomic mass is 10.2. The van der Waals surface area contributed by atoms with E-state index in [1.165, 1.54) is 4.90 Å². The Hall–Kier alpha value is -1.33. The lowest BCUT2D eigenvalue weighted by Crippen LogP contribution is -2.36. The minimum absolute atomic E-state index is 0.287. The first-order valence-corrected chi connectivity index (χ1v) is 5.65. The molecular weight excluding hydrogens is 222 g/mol. The van der Waals surface area contributed by atoms with Gasteiger partial charge in [0.25, 0.3) is 0 Å². The Bertz CT molecular complexity index is 358. The smallest absolute Gasteiger partial charge is 0.411 e. The second-order valence-electron chi connectivity index (χ2n) is 3.46. The molecule has 1 unspecified atom stereocenters. The highest BCUT2D eigenvalue weighted by Gasteiger charge is 2.26. The Kier molecular flexibility index (Phi) is 3.58. The van der Waals surface area contributed by atoms with E-state index in [0.717, 1.165) is 5.56 Å². The van der Waals surface area contributed by atoms with Gasteiger partial charge in [-0.3, -0.25) is 4.90 Å². The number of carbonyl (C=O) groups excluding carboxylic acids is 1. The number of nitrogens with zero attached hydrogens (tertiary/aromatic N) is 1. The molecule has 1 fully saturated rings. The molecule has 1 saturated heterocycles. The van der Waals surface area contributed by atoms with Crippen LogP contribution in [0.5, 0.6) is 0 Å². The third-order valence-electron chi connectivity index (χ3n) is 2.33. The zero-order valence-corrected chi connectivity index (χ0v) is 9.76. The zero-order valence-electron chi connectivity index (χ0n) is 8.76. The van der Waals surface area contributed by atoms with Gasteiger partial charge in [-0.15, -0.1) is 0 Å². The van der Waals surface area contributed by atoms with Gasteiger partial charge in [-0.25, -0.2) is 4.79 Å². The standard InChI is InChI=1S/C11H12NO3Si/c13-10(12-6-7-14-11(12)16)15-8-9-4-2-1-3-5-9/h1-5,11H,6-8H2. The van der Waals surface area contributed by atoms with Crippen molar-refractivity contribution in [2.45, 2.75) is 12.5 Å². The fraction of sp³-hybridized carbons (Fsp3) is 0.364. The fourth-order valence-corrected chi connectivity index (χ4v) is 1.81. The average Bonchev–Trinajstić information content (AvgIpc) is 2.74. The molecule has 2 rings (SSSR count). The molecule has 0 bridgehead atoms. The monoisotopic (exact) mass is 234 g/mol. The number of amides is 1. The second-order valence-corrected chi connectivity index (χ2v) is 3.95. The first kappa shape index (κ1) is 11.2. The van der Waals surface area contributed by atoms with Crippen LogP contribution in [0.2, 0.25) is 0 Å². The highest BCUT2D eigenvalue weighted by molar-refractivity contribution is 6.11. The van der Waals surface area contributed by atoms with Crippen LogP contribution in [0, 0.1) is 0 Å². The summed E-state index contributed by atoms with van der Waals surface area (Å²) < 4.78 is 10.3. The average molecular weight is 234 g/mol. The molecule has 16 heavy (non-hydrogen) atoms. The number of rotatable bonds is 2. The van der Waals surface area contributed by atoms with E-state index in [9.17, 15) is 4.79 Å². The third-order valence-corrected chi connectivity index (χ3v) is 2.81. The van der Waals surface area contributed by atoms with Gasteiger partial charge in [0.2, 0.25) is 0 Å². The first-order valence-electron chi connectivity index (χ1n) is 5.07. The van der Waals surface area contributed by atoms with Crippen LogP contribution in [-0.2, 0) is 16.1 Å². The largest absolute Gasteiger partial charge is 0.444 e. The Labute approximate surface area is 97.6 Å². The summed E-state index contributed by atoms with van der Waals surface area (Å²) in [6.45, 7) is 1.38. The van der Waals surface area contributed by atoms with Gasteiger partial charge >= 0.3 is 6.09 Å². The summed E-state index contributed by atoms with van der Waals surface area (Å²) in [4.78, 5) is 13.1. The molecule has 0 N–H and O–H groups in total. The lowest BCUT2D eigenvalue weighted by molar-refractivity contribution is 0.0644. The van der Waals surface area contributed by atoms with Crippen molar-refractivity contribution in [3.8, 4) is 0 Å². The molecule has 0 aliphatic carbocycles. The molecule has 1 aromatic rings. The van der Waals surface area contributed by atoms with Crippen molar-refractivity contribution in [2.75, 3.05) is 13.2 Å². The van der Waals surface area contributed by atoms with Crippen LogP contribution in [0.4, 0.5) is 4.79 Å². The predicted molar refractivity (Wildman–Crippen MR) is 58.8 cm³/mol. The molecule has 83 valence electrons. The summed E-state index contributed by atoms with van der Waals surface area (Å²) in [5.74, 6) is -0.372. The Morgan fingerprint density at radius 3 is 2.88 bits per heavy atom. The molecule has 0 aromatic heterocycles. The topological polar surface area (TPSA) is 38.8 Å². The Morgan fingerprint density at radius 1 is 1.50 bits per heavy atom. The summed E-state index contributed by atoms with van der Waals surface area (Å²) in [5.41, 5.74) is 0.974. The van der Waals surface area contributed by atoms with Gasteiger partial charge in [-0.1, -0.05) is 30.3 Å². The fourth-order valence-electron chi connectivity index (χ4n) is 1.46. The van der Waals surface area contributed by atoms with E-state index >= 15 is 0 Å². The van der Waals surface area contributed by atoms with Gasteiger partial charge in [0.15, 0.2) is 0 Å². The Morgan fingerprint density at radius 2 is 2.25 bits per heavy atom. The van der Waals surface area contributed by atoms with Crippen molar-refractivity contribution < 1.29 is 14.3 Å². The van der Waals surface area contributed by atoms with Crippen LogP contribution in [0.3, 0.4) is 0 Å². The number of hydrogen-bond donors (Lipinski definition) is 0. The molecule has 1 aliphatic heterocycles. The van der Waals surface area contributed by atoms with Gasteiger partial charge in [0, 0.05) is 6.54 Å². The summed E-state index contributed by atoms with van der Waals surface area (Å²) in [7, 11) is 3.29. The number of benzene rings is 1. The molecule has 0 saturated carbocycles. The van der Waals surface area contributed by atoms with E-state index in [-0.39, 0.29) is 18.6 Å². The minimum Gasteiger partial charge on any atom is -0.444 e. The van der Waals surface area contributed by atoms with Crippen molar-refractivity contribution in [3.63, 3.8) is 0 Å². The molecule has 4 nitrogen and oxygen atoms in total. The summed E-state index contributed by atoms with van der Waals surface area (Å²) in [5, 5.41) is 0. The number of ether oxygens (including phenoxy) is 2. The van der Waals surface area contributed by atoms with E-state index in [2.05, 4.69) is 10.2 Å². The summed E-state index contributed by atoms with van der Waals surface area (Å²) in [6.07, 6.45) is -0.360. The maximum Gasteiger partial charge on any atom is 0.411 e. The van der Waals surface area contributed by atoms with Crippen molar-refractivity contribution in [1.82, 2.24) is 4.90 Å². The maximum absolute atomic E-state index is 11.6. The highest BCUT2D eigenvalue weighted by Crippen LogP contribution is 2.10. The van der Waals surface area contributed by atoms with Crippen LogP contribution in [0.1, 0.15) is 5.56 Å². The molecule has 0 spiro atoms. The predicted octanol–water partition coefficient (Wildman–Crippen LogP) is 1.11. The van der Waals surface area contributed by atoms with Crippen LogP contribution in [0.15, 0.2) is 30.3 Å². The summed E-state index contributed by atoms with van der Waals surface area (Å²) >= 11 is 0. The molecule has 1 atom stereocenters. The SMILES string of the molecule is O=C(OCc1ccccc1)N1CCOC1[Si]. The molecule has 1 aromatic carbocycles. The minimum atomic E-state index is -0.372. The summed E-state index contributed by atoms with van der Waals surface area (Å²) in [6, 6.07) is 9.58. The van der Waals surface area contributed by atoms with Gasteiger partial charge in [-0.05, 0) is 5.56 Å². The maximum atomic E-state index is 11.6.